The van der Waals surface area contributed by atoms with Crippen molar-refractivity contribution in [1.82, 2.24) is 4.90 Å². The van der Waals surface area contributed by atoms with E-state index >= 15 is 0 Å². The first-order chi connectivity index (χ1) is 16.9. The van der Waals surface area contributed by atoms with Crippen LogP contribution >= 0.6 is 0 Å². The first-order valence-corrected chi connectivity index (χ1v) is 11.2. The van der Waals surface area contributed by atoms with Crippen molar-refractivity contribution in [2.45, 2.75) is 26.0 Å². The lowest BCUT2D eigenvalue weighted by atomic mass is 10.1. The van der Waals surface area contributed by atoms with Crippen molar-refractivity contribution in [3.05, 3.63) is 95.6 Å². The zero-order chi connectivity index (χ0) is 24.9. The SMILES string of the molecule is CCOc1ccccc1NC(=O)[C@@H](OC(=O)[C@@H](C)N1C(=O)c2ccccc2C1=O)c1ccccc1. The van der Waals surface area contributed by atoms with E-state index in [1.807, 2.05) is 6.92 Å². The molecule has 8 heteroatoms. The van der Waals surface area contributed by atoms with E-state index in [0.29, 0.717) is 23.6 Å². The third-order valence-corrected chi connectivity index (χ3v) is 5.57. The Balaban J connectivity index is 1.57. The topological polar surface area (TPSA) is 102 Å². The number of para-hydroxylation sites is 2. The summed E-state index contributed by atoms with van der Waals surface area (Å²) in [4.78, 5) is 52.8. The first-order valence-electron chi connectivity index (χ1n) is 11.2. The highest BCUT2D eigenvalue weighted by molar-refractivity contribution is 6.22. The van der Waals surface area contributed by atoms with Gasteiger partial charge in [0.25, 0.3) is 17.7 Å². The number of benzene rings is 3. The lowest BCUT2D eigenvalue weighted by Gasteiger charge is -2.24. The molecule has 0 bridgehead atoms. The summed E-state index contributed by atoms with van der Waals surface area (Å²) in [6.45, 7) is 3.63. The predicted octanol–water partition coefficient (Wildman–Crippen LogP) is 3.99. The Kier molecular flexibility index (Phi) is 6.91. The van der Waals surface area contributed by atoms with Crippen LogP contribution in [-0.2, 0) is 14.3 Å². The average molecular weight is 472 g/mol. The largest absolute Gasteiger partial charge is 0.492 e. The average Bonchev–Trinajstić information content (AvgIpc) is 3.13. The van der Waals surface area contributed by atoms with Gasteiger partial charge in [-0.15, -0.1) is 0 Å². The predicted molar refractivity (Wildman–Crippen MR) is 128 cm³/mol. The van der Waals surface area contributed by atoms with Crippen molar-refractivity contribution >= 4 is 29.4 Å². The molecule has 1 aliphatic heterocycles. The van der Waals surface area contributed by atoms with E-state index in [9.17, 15) is 19.2 Å². The molecular weight excluding hydrogens is 448 g/mol. The van der Waals surface area contributed by atoms with Crippen LogP contribution in [0.4, 0.5) is 5.69 Å². The maximum atomic E-state index is 13.3. The molecule has 0 radical (unpaired) electrons. The smallest absolute Gasteiger partial charge is 0.330 e. The molecular formula is C27H24N2O6. The molecule has 3 amide bonds. The number of carbonyl (C=O) groups is 4. The van der Waals surface area contributed by atoms with E-state index in [-0.39, 0.29) is 11.1 Å². The van der Waals surface area contributed by atoms with Crippen LogP contribution in [0.1, 0.15) is 46.2 Å². The van der Waals surface area contributed by atoms with Gasteiger partial charge in [0, 0.05) is 5.56 Å². The second-order valence-electron chi connectivity index (χ2n) is 7.85. The van der Waals surface area contributed by atoms with E-state index in [1.165, 1.54) is 19.1 Å². The summed E-state index contributed by atoms with van der Waals surface area (Å²) in [6, 6.07) is 20.5. The minimum absolute atomic E-state index is 0.224. The van der Waals surface area contributed by atoms with Gasteiger partial charge in [-0.3, -0.25) is 19.3 Å². The molecule has 0 spiro atoms. The van der Waals surface area contributed by atoms with E-state index < -0.39 is 35.8 Å². The van der Waals surface area contributed by atoms with Crippen LogP contribution in [0, 0.1) is 0 Å². The van der Waals surface area contributed by atoms with Gasteiger partial charge in [0.15, 0.2) is 0 Å². The number of carbonyl (C=O) groups excluding carboxylic acids is 4. The van der Waals surface area contributed by atoms with Gasteiger partial charge in [-0.05, 0) is 38.1 Å². The number of hydrogen-bond donors (Lipinski definition) is 1. The zero-order valence-corrected chi connectivity index (χ0v) is 19.3. The van der Waals surface area contributed by atoms with Crippen LogP contribution in [-0.4, -0.2) is 41.2 Å². The molecule has 1 heterocycles. The third-order valence-electron chi connectivity index (χ3n) is 5.57. The molecule has 178 valence electrons. The Hall–Kier alpha value is -4.46. The van der Waals surface area contributed by atoms with E-state index in [4.69, 9.17) is 9.47 Å². The molecule has 0 unspecified atom stereocenters. The van der Waals surface area contributed by atoms with Crippen LogP contribution < -0.4 is 10.1 Å². The molecule has 0 saturated heterocycles. The van der Waals surface area contributed by atoms with Crippen LogP contribution in [0.3, 0.4) is 0 Å². The van der Waals surface area contributed by atoms with Gasteiger partial charge in [0.05, 0.1) is 23.4 Å². The summed E-state index contributed by atoms with van der Waals surface area (Å²) in [5.41, 5.74) is 1.30. The molecule has 2 atom stereocenters. The fourth-order valence-corrected chi connectivity index (χ4v) is 3.83. The summed E-state index contributed by atoms with van der Waals surface area (Å²) < 4.78 is 11.2. The Morgan fingerprint density at radius 3 is 2.06 bits per heavy atom. The number of imide groups is 1. The number of amides is 3. The number of anilines is 1. The Labute approximate surface area is 202 Å². The van der Waals surface area contributed by atoms with Crippen molar-refractivity contribution in [3.8, 4) is 5.75 Å². The van der Waals surface area contributed by atoms with Gasteiger partial charge in [-0.2, -0.15) is 0 Å². The number of rotatable bonds is 8. The second kappa shape index (κ2) is 10.2. The van der Waals surface area contributed by atoms with E-state index in [1.54, 1.807) is 66.7 Å². The van der Waals surface area contributed by atoms with Crippen molar-refractivity contribution < 1.29 is 28.7 Å². The Morgan fingerprint density at radius 1 is 0.857 bits per heavy atom. The summed E-state index contributed by atoms with van der Waals surface area (Å²) >= 11 is 0. The standard InChI is InChI=1S/C27H24N2O6/c1-3-34-22-16-10-9-15-21(22)28-24(30)23(18-11-5-4-6-12-18)35-27(33)17(2)29-25(31)19-13-7-8-14-20(19)26(29)32/h4-17,23H,3H2,1-2H3,(H,28,30)/t17-,23+/m1/s1. The second-order valence-corrected chi connectivity index (χ2v) is 7.85. The summed E-state index contributed by atoms with van der Waals surface area (Å²) in [5.74, 6) is -2.18. The fraction of sp³-hybridized carbons (Fsp3) is 0.185. The molecule has 3 aromatic carbocycles. The minimum atomic E-state index is -1.32. The number of fused-ring (bicyclic) bond motifs is 1. The van der Waals surface area contributed by atoms with E-state index in [2.05, 4.69) is 5.32 Å². The van der Waals surface area contributed by atoms with Gasteiger partial charge in [-0.1, -0.05) is 54.6 Å². The number of hydrogen-bond acceptors (Lipinski definition) is 6. The minimum Gasteiger partial charge on any atom is -0.492 e. The molecule has 35 heavy (non-hydrogen) atoms. The van der Waals surface area contributed by atoms with Crippen LogP contribution in [0.5, 0.6) is 5.75 Å². The van der Waals surface area contributed by atoms with Gasteiger partial charge in [0.2, 0.25) is 6.10 Å². The van der Waals surface area contributed by atoms with Crippen molar-refractivity contribution in [1.29, 1.82) is 0 Å². The normalized spacial score (nSPS) is 14.2. The van der Waals surface area contributed by atoms with Gasteiger partial charge in [-0.25, -0.2) is 4.79 Å². The van der Waals surface area contributed by atoms with Crippen molar-refractivity contribution in [3.63, 3.8) is 0 Å². The number of esters is 1. The molecule has 0 aromatic heterocycles. The van der Waals surface area contributed by atoms with Crippen LogP contribution in [0.15, 0.2) is 78.9 Å². The Bertz CT molecular complexity index is 1240. The highest BCUT2D eigenvalue weighted by atomic mass is 16.6. The van der Waals surface area contributed by atoms with Crippen molar-refractivity contribution in [2.24, 2.45) is 0 Å². The third kappa shape index (κ3) is 4.77. The van der Waals surface area contributed by atoms with Crippen molar-refractivity contribution in [2.75, 3.05) is 11.9 Å². The zero-order valence-electron chi connectivity index (χ0n) is 19.3. The quantitative estimate of drug-likeness (QED) is 0.393. The fourth-order valence-electron chi connectivity index (χ4n) is 3.83. The summed E-state index contributed by atoms with van der Waals surface area (Å²) in [5, 5.41) is 2.75. The van der Waals surface area contributed by atoms with Gasteiger partial charge >= 0.3 is 5.97 Å². The van der Waals surface area contributed by atoms with Crippen LogP contribution in [0.25, 0.3) is 0 Å². The molecule has 3 aromatic rings. The highest BCUT2D eigenvalue weighted by Crippen LogP contribution is 2.29. The summed E-state index contributed by atoms with van der Waals surface area (Å²) in [7, 11) is 0. The maximum Gasteiger partial charge on any atom is 0.330 e. The molecule has 1 aliphatic rings. The number of ether oxygens (including phenoxy) is 2. The molecule has 8 nitrogen and oxygen atoms in total. The monoisotopic (exact) mass is 472 g/mol. The van der Waals surface area contributed by atoms with Crippen LogP contribution in [0.2, 0.25) is 0 Å². The number of nitrogens with one attached hydrogen (secondary N) is 1. The maximum absolute atomic E-state index is 13.3. The highest BCUT2D eigenvalue weighted by Gasteiger charge is 2.42. The van der Waals surface area contributed by atoms with Gasteiger partial charge < -0.3 is 14.8 Å². The molecule has 0 fully saturated rings. The van der Waals surface area contributed by atoms with E-state index in [0.717, 1.165) is 4.90 Å². The molecule has 0 aliphatic carbocycles. The molecule has 4 rings (SSSR count). The molecule has 0 saturated carbocycles. The number of nitrogens with zero attached hydrogens (tertiary/aromatic N) is 1. The summed E-state index contributed by atoms with van der Waals surface area (Å²) in [6.07, 6.45) is -1.32. The Morgan fingerprint density at radius 2 is 1.43 bits per heavy atom. The van der Waals surface area contributed by atoms with Gasteiger partial charge in [0.1, 0.15) is 11.8 Å². The lowest BCUT2D eigenvalue weighted by molar-refractivity contribution is -0.158. The first kappa shape index (κ1) is 23.7. The lowest BCUT2D eigenvalue weighted by Crippen LogP contribution is -2.44. The molecule has 1 N–H and O–H groups in total.